The average molecular weight is 312 g/mol. The number of sulfonamides is 1. The summed E-state index contributed by atoms with van der Waals surface area (Å²) in [6.45, 7) is 2.07. The van der Waals surface area contributed by atoms with Gasteiger partial charge in [0.15, 0.2) is 0 Å². The maximum absolute atomic E-state index is 12.5. The Morgan fingerprint density at radius 1 is 1.48 bits per heavy atom. The van der Waals surface area contributed by atoms with E-state index in [1.807, 2.05) is 0 Å². The number of nitrogens with zero attached hydrogens (tertiary/aromatic N) is 2. The summed E-state index contributed by atoms with van der Waals surface area (Å²) in [5, 5.41) is 9.31. The van der Waals surface area contributed by atoms with Gasteiger partial charge in [-0.3, -0.25) is 9.78 Å². The zero-order chi connectivity index (χ0) is 15.5. The summed E-state index contributed by atoms with van der Waals surface area (Å²) in [5.41, 5.74) is 0.693. The summed E-state index contributed by atoms with van der Waals surface area (Å²) in [7, 11) is -3.60. The molecule has 1 aliphatic heterocycles. The molecule has 1 N–H and O–H groups in total. The Labute approximate surface area is 124 Å². The Hall–Kier alpha value is -1.47. The van der Waals surface area contributed by atoms with Crippen molar-refractivity contribution in [1.82, 2.24) is 9.29 Å². The van der Waals surface area contributed by atoms with Crippen LogP contribution in [0, 0.1) is 5.92 Å². The first kappa shape index (κ1) is 15.9. The topological polar surface area (TPSA) is 87.6 Å². The van der Waals surface area contributed by atoms with Gasteiger partial charge in [0, 0.05) is 24.9 Å². The van der Waals surface area contributed by atoms with E-state index in [4.69, 9.17) is 0 Å². The van der Waals surface area contributed by atoms with E-state index in [0.29, 0.717) is 18.5 Å². The lowest BCUT2D eigenvalue weighted by Crippen LogP contribution is -2.52. The smallest absolute Gasteiger partial charge is 0.322 e. The minimum Gasteiger partial charge on any atom is -0.480 e. The van der Waals surface area contributed by atoms with Gasteiger partial charge in [0.25, 0.3) is 0 Å². The van der Waals surface area contributed by atoms with Gasteiger partial charge >= 0.3 is 5.97 Å². The van der Waals surface area contributed by atoms with Crippen LogP contribution >= 0.6 is 0 Å². The van der Waals surface area contributed by atoms with Crippen molar-refractivity contribution < 1.29 is 18.3 Å². The minimum absolute atomic E-state index is 0.111. The van der Waals surface area contributed by atoms with Crippen LogP contribution in [0.1, 0.15) is 25.5 Å². The predicted molar refractivity (Wildman–Crippen MR) is 78.3 cm³/mol. The Kier molecular flexibility index (Phi) is 4.95. The highest BCUT2D eigenvalue weighted by Gasteiger charge is 2.40. The van der Waals surface area contributed by atoms with E-state index < -0.39 is 22.0 Å². The van der Waals surface area contributed by atoms with Gasteiger partial charge in [0.1, 0.15) is 6.04 Å². The van der Waals surface area contributed by atoms with Crippen LogP contribution in [0.4, 0.5) is 0 Å². The van der Waals surface area contributed by atoms with Gasteiger partial charge in [-0.15, -0.1) is 0 Å². The second-order valence-corrected chi connectivity index (χ2v) is 7.44. The van der Waals surface area contributed by atoms with Crippen LogP contribution < -0.4 is 0 Å². The van der Waals surface area contributed by atoms with Crippen molar-refractivity contribution in [2.75, 3.05) is 12.3 Å². The standard InChI is InChI=1S/C14H20N2O4S/c1-11-5-4-9-16(13(11)14(17)18)21(19,20)10-7-12-6-2-3-8-15-12/h2-3,6,8,11,13H,4-5,7,9-10H2,1H3,(H,17,18). The van der Waals surface area contributed by atoms with Gasteiger partial charge in [0.05, 0.1) is 5.75 Å². The first-order valence-corrected chi connectivity index (χ1v) is 8.65. The molecule has 0 saturated carbocycles. The zero-order valence-corrected chi connectivity index (χ0v) is 12.8. The molecule has 1 saturated heterocycles. The molecule has 1 fully saturated rings. The molecule has 2 atom stereocenters. The molecule has 2 unspecified atom stereocenters. The highest BCUT2D eigenvalue weighted by Crippen LogP contribution is 2.26. The van der Waals surface area contributed by atoms with Crippen LogP contribution in [0.3, 0.4) is 0 Å². The quantitative estimate of drug-likeness (QED) is 0.881. The lowest BCUT2D eigenvalue weighted by atomic mass is 9.93. The van der Waals surface area contributed by atoms with Crippen molar-refractivity contribution in [2.24, 2.45) is 5.92 Å². The summed E-state index contributed by atoms with van der Waals surface area (Å²) >= 11 is 0. The molecule has 0 bridgehead atoms. The van der Waals surface area contributed by atoms with Gasteiger partial charge in [-0.25, -0.2) is 8.42 Å². The van der Waals surface area contributed by atoms with E-state index in [-0.39, 0.29) is 18.2 Å². The summed E-state index contributed by atoms with van der Waals surface area (Å²) in [6.07, 6.45) is 3.35. The number of aromatic nitrogens is 1. The Bertz CT molecular complexity index is 588. The number of carboxylic acids is 1. The van der Waals surface area contributed by atoms with Crippen LogP contribution in [0.15, 0.2) is 24.4 Å². The second-order valence-electron chi connectivity index (χ2n) is 5.40. The molecule has 6 nitrogen and oxygen atoms in total. The number of aryl methyl sites for hydroxylation is 1. The maximum Gasteiger partial charge on any atom is 0.322 e. The largest absolute Gasteiger partial charge is 0.480 e. The van der Waals surface area contributed by atoms with E-state index in [9.17, 15) is 18.3 Å². The lowest BCUT2D eigenvalue weighted by molar-refractivity contribution is -0.144. The van der Waals surface area contributed by atoms with E-state index in [2.05, 4.69) is 4.98 Å². The van der Waals surface area contributed by atoms with Crippen molar-refractivity contribution in [2.45, 2.75) is 32.2 Å². The molecule has 0 aliphatic carbocycles. The number of aliphatic carboxylic acids is 1. The molecule has 1 aromatic rings. The van der Waals surface area contributed by atoms with E-state index in [0.717, 1.165) is 10.7 Å². The summed E-state index contributed by atoms with van der Waals surface area (Å²) in [6, 6.07) is 4.39. The van der Waals surface area contributed by atoms with Crippen molar-refractivity contribution in [1.29, 1.82) is 0 Å². The number of carboxylic acid groups (broad SMARTS) is 1. The van der Waals surface area contributed by atoms with Crippen LogP contribution in [0.2, 0.25) is 0 Å². The average Bonchev–Trinajstić information content (AvgIpc) is 2.46. The van der Waals surface area contributed by atoms with Crippen LogP contribution in [0.5, 0.6) is 0 Å². The Morgan fingerprint density at radius 3 is 2.86 bits per heavy atom. The van der Waals surface area contributed by atoms with Gasteiger partial charge in [-0.1, -0.05) is 13.0 Å². The summed E-state index contributed by atoms with van der Waals surface area (Å²) < 4.78 is 26.1. The third kappa shape index (κ3) is 3.79. The third-order valence-electron chi connectivity index (χ3n) is 3.84. The Balaban J connectivity index is 2.12. The summed E-state index contributed by atoms with van der Waals surface area (Å²) in [4.78, 5) is 15.5. The second kappa shape index (κ2) is 6.53. The first-order chi connectivity index (χ1) is 9.92. The number of hydrogen-bond donors (Lipinski definition) is 1. The number of hydrogen-bond acceptors (Lipinski definition) is 4. The number of carbonyl (C=O) groups is 1. The number of piperidine rings is 1. The predicted octanol–water partition coefficient (Wildman–Crippen LogP) is 1.14. The van der Waals surface area contributed by atoms with Crippen LogP contribution in [-0.4, -0.2) is 47.1 Å². The molecule has 21 heavy (non-hydrogen) atoms. The van der Waals surface area contributed by atoms with E-state index in [1.54, 1.807) is 31.3 Å². The van der Waals surface area contributed by atoms with Crippen LogP contribution in [0.25, 0.3) is 0 Å². The molecule has 1 aromatic heterocycles. The fourth-order valence-corrected chi connectivity index (χ4v) is 4.48. The first-order valence-electron chi connectivity index (χ1n) is 7.04. The van der Waals surface area contributed by atoms with Gasteiger partial charge in [-0.05, 0) is 30.9 Å². The van der Waals surface area contributed by atoms with Crippen molar-refractivity contribution in [3.05, 3.63) is 30.1 Å². The molecule has 7 heteroatoms. The maximum atomic E-state index is 12.5. The van der Waals surface area contributed by atoms with Crippen molar-refractivity contribution in [3.63, 3.8) is 0 Å². The van der Waals surface area contributed by atoms with Crippen molar-refractivity contribution in [3.8, 4) is 0 Å². The molecule has 0 amide bonds. The number of rotatable bonds is 5. The van der Waals surface area contributed by atoms with E-state index >= 15 is 0 Å². The normalized spacial score (nSPS) is 23.9. The molecule has 0 aromatic carbocycles. The molecule has 0 spiro atoms. The highest BCUT2D eigenvalue weighted by molar-refractivity contribution is 7.89. The zero-order valence-electron chi connectivity index (χ0n) is 12.0. The SMILES string of the molecule is CC1CCCN(S(=O)(=O)CCc2ccccn2)C1C(=O)O. The van der Waals surface area contributed by atoms with Gasteiger partial charge < -0.3 is 5.11 Å². The molecule has 2 rings (SSSR count). The molecular weight excluding hydrogens is 292 g/mol. The van der Waals surface area contributed by atoms with Gasteiger partial charge in [-0.2, -0.15) is 4.31 Å². The minimum atomic E-state index is -3.60. The monoisotopic (exact) mass is 312 g/mol. The van der Waals surface area contributed by atoms with Crippen LogP contribution in [-0.2, 0) is 21.2 Å². The number of pyridine rings is 1. The molecular formula is C14H20N2O4S. The van der Waals surface area contributed by atoms with Crippen molar-refractivity contribution >= 4 is 16.0 Å². The third-order valence-corrected chi connectivity index (χ3v) is 5.68. The summed E-state index contributed by atoms with van der Waals surface area (Å²) in [5.74, 6) is -1.34. The molecule has 1 aliphatic rings. The highest BCUT2D eigenvalue weighted by atomic mass is 32.2. The molecule has 2 heterocycles. The Morgan fingerprint density at radius 2 is 2.24 bits per heavy atom. The fraction of sp³-hybridized carbons (Fsp3) is 0.571. The molecule has 0 radical (unpaired) electrons. The van der Waals surface area contributed by atoms with E-state index in [1.165, 1.54) is 0 Å². The lowest BCUT2D eigenvalue weighted by Gasteiger charge is -2.36. The fourth-order valence-electron chi connectivity index (χ4n) is 2.73. The van der Waals surface area contributed by atoms with Gasteiger partial charge in [0.2, 0.25) is 10.0 Å². The molecule has 116 valence electrons.